The summed E-state index contributed by atoms with van der Waals surface area (Å²) in [7, 11) is 0. The highest BCUT2D eigenvalue weighted by molar-refractivity contribution is 5.60. The first-order chi connectivity index (χ1) is 6.36. The van der Waals surface area contributed by atoms with Crippen LogP contribution in [0.15, 0.2) is 24.0 Å². The van der Waals surface area contributed by atoms with Crippen molar-refractivity contribution in [3.63, 3.8) is 0 Å². The van der Waals surface area contributed by atoms with Crippen LogP contribution in [0.3, 0.4) is 0 Å². The molecule has 1 rings (SSSR count). The van der Waals surface area contributed by atoms with Gasteiger partial charge in [0.1, 0.15) is 0 Å². The summed E-state index contributed by atoms with van der Waals surface area (Å²) < 4.78 is 5.39. The quantitative estimate of drug-likeness (QED) is 0.480. The van der Waals surface area contributed by atoms with E-state index in [4.69, 9.17) is 4.74 Å². The number of rotatable bonds is 5. The SMILES string of the molecule is CCCCCC1=CC=CC(C=O)O1. The first kappa shape index (κ1) is 10.0. The van der Waals surface area contributed by atoms with Gasteiger partial charge in [0, 0.05) is 6.42 Å². The van der Waals surface area contributed by atoms with Crippen LogP contribution in [-0.2, 0) is 9.53 Å². The van der Waals surface area contributed by atoms with Crippen molar-refractivity contribution in [2.45, 2.75) is 38.7 Å². The largest absolute Gasteiger partial charge is 0.483 e. The Labute approximate surface area is 79.3 Å². The van der Waals surface area contributed by atoms with Crippen LogP contribution in [0.25, 0.3) is 0 Å². The van der Waals surface area contributed by atoms with Crippen molar-refractivity contribution in [3.05, 3.63) is 24.0 Å². The molecular formula is C11H16O2. The third-order valence-electron chi connectivity index (χ3n) is 2.03. The monoisotopic (exact) mass is 180 g/mol. The zero-order valence-corrected chi connectivity index (χ0v) is 8.03. The summed E-state index contributed by atoms with van der Waals surface area (Å²) in [5.41, 5.74) is 0. The number of hydrogen-bond acceptors (Lipinski definition) is 2. The fraction of sp³-hybridized carbons (Fsp3) is 0.545. The van der Waals surface area contributed by atoms with Crippen molar-refractivity contribution < 1.29 is 9.53 Å². The van der Waals surface area contributed by atoms with Gasteiger partial charge in [0.05, 0.1) is 5.76 Å². The van der Waals surface area contributed by atoms with Crippen LogP contribution < -0.4 is 0 Å². The molecule has 0 fully saturated rings. The van der Waals surface area contributed by atoms with Crippen LogP contribution in [0.1, 0.15) is 32.6 Å². The molecule has 0 spiro atoms. The molecule has 0 aliphatic carbocycles. The smallest absolute Gasteiger partial charge is 0.172 e. The molecule has 1 atom stereocenters. The van der Waals surface area contributed by atoms with Crippen molar-refractivity contribution in [1.29, 1.82) is 0 Å². The van der Waals surface area contributed by atoms with E-state index in [1.54, 1.807) is 6.08 Å². The zero-order valence-electron chi connectivity index (χ0n) is 8.03. The average Bonchev–Trinajstić information content (AvgIpc) is 2.19. The van der Waals surface area contributed by atoms with Gasteiger partial charge in [-0.3, -0.25) is 4.79 Å². The van der Waals surface area contributed by atoms with Gasteiger partial charge < -0.3 is 4.74 Å². The summed E-state index contributed by atoms with van der Waals surface area (Å²) in [6, 6.07) is 0. The molecule has 1 unspecified atom stereocenters. The molecule has 72 valence electrons. The van der Waals surface area contributed by atoms with Crippen molar-refractivity contribution >= 4 is 6.29 Å². The van der Waals surface area contributed by atoms with Crippen LogP contribution in [0.4, 0.5) is 0 Å². The van der Waals surface area contributed by atoms with E-state index in [1.807, 2.05) is 12.2 Å². The minimum atomic E-state index is -0.360. The molecule has 1 heterocycles. The van der Waals surface area contributed by atoms with Crippen molar-refractivity contribution in [2.24, 2.45) is 0 Å². The normalized spacial score (nSPS) is 20.7. The van der Waals surface area contributed by atoms with Gasteiger partial charge in [-0.1, -0.05) is 25.8 Å². The maximum Gasteiger partial charge on any atom is 0.172 e. The lowest BCUT2D eigenvalue weighted by Crippen LogP contribution is -2.13. The van der Waals surface area contributed by atoms with Gasteiger partial charge in [-0.15, -0.1) is 0 Å². The van der Waals surface area contributed by atoms with Crippen LogP contribution in [0.5, 0.6) is 0 Å². The Bertz CT molecular complexity index is 216. The fourth-order valence-corrected chi connectivity index (χ4v) is 1.29. The average molecular weight is 180 g/mol. The second-order valence-corrected chi connectivity index (χ2v) is 3.19. The van der Waals surface area contributed by atoms with Crippen LogP contribution in [0, 0.1) is 0 Å². The second kappa shape index (κ2) is 5.57. The summed E-state index contributed by atoms with van der Waals surface area (Å²) in [6.07, 6.45) is 10.6. The van der Waals surface area contributed by atoms with Gasteiger partial charge in [0.2, 0.25) is 0 Å². The molecule has 0 amide bonds. The Morgan fingerprint density at radius 3 is 3.08 bits per heavy atom. The number of aldehydes is 1. The summed E-state index contributed by atoms with van der Waals surface area (Å²) in [5, 5.41) is 0. The van der Waals surface area contributed by atoms with Crippen LogP contribution in [-0.4, -0.2) is 12.4 Å². The van der Waals surface area contributed by atoms with Gasteiger partial charge in [-0.25, -0.2) is 0 Å². The molecule has 0 radical (unpaired) electrons. The van der Waals surface area contributed by atoms with Gasteiger partial charge in [-0.05, 0) is 18.6 Å². The number of unbranched alkanes of at least 4 members (excludes halogenated alkanes) is 2. The molecule has 0 saturated heterocycles. The minimum absolute atomic E-state index is 0.360. The molecular weight excluding hydrogens is 164 g/mol. The van der Waals surface area contributed by atoms with Crippen molar-refractivity contribution in [2.75, 3.05) is 0 Å². The first-order valence-electron chi connectivity index (χ1n) is 4.86. The van der Waals surface area contributed by atoms with Gasteiger partial charge >= 0.3 is 0 Å². The van der Waals surface area contributed by atoms with E-state index in [0.717, 1.165) is 24.9 Å². The Morgan fingerprint density at radius 2 is 2.38 bits per heavy atom. The number of hydrogen-bond donors (Lipinski definition) is 0. The predicted octanol–water partition coefficient (Wildman–Crippen LogP) is 2.60. The van der Waals surface area contributed by atoms with E-state index in [2.05, 4.69) is 6.92 Å². The molecule has 0 aromatic rings. The maximum absolute atomic E-state index is 10.4. The third-order valence-corrected chi connectivity index (χ3v) is 2.03. The Hall–Kier alpha value is -1.05. The van der Waals surface area contributed by atoms with Crippen LogP contribution >= 0.6 is 0 Å². The lowest BCUT2D eigenvalue weighted by atomic mass is 10.1. The number of carbonyl (C=O) groups is 1. The Kier molecular flexibility index (Phi) is 4.30. The van der Waals surface area contributed by atoms with Crippen molar-refractivity contribution in [1.82, 2.24) is 0 Å². The topological polar surface area (TPSA) is 26.3 Å². The fourth-order valence-electron chi connectivity index (χ4n) is 1.29. The molecule has 2 heteroatoms. The van der Waals surface area contributed by atoms with E-state index in [1.165, 1.54) is 12.8 Å². The molecule has 0 N–H and O–H groups in total. The number of ether oxygens (including phenoxy) is 1. The lowest BCUT2D eigenvalue weighted by Gasteiger charge is -2.16. The highest BCUT2D eigenvalue weighted by atomic mass is 16.5. The van der Waals surface area contributed by atoms with Gasteiger partial charge in [-0.2, -0.15) is 0 Å². The van der Waals surface area contributed by atoms with Crippen LogP contribution in [0.2, 0.25) is 0 Å². The predicted molar refractivity (Wildman–Crippen MR) is 52.3 cm³/mol. The van der Waals surface area contributed by atoms with E-state index < -0.39 is 0 Å². The highest BCUT2D eigenvalue weighted by Gasteiger charge is 2.09. The molecule has 0 saturated carbocycles. The standard InChI is InChI=1S/C11H16O2/c1-2-3-4-6-10-7-5-8-11(9-12)13-10/h5,7-9,11H,2-4,6H2,1H3. The van der Waals surface area contributed by atoms with Gasteiger partial charge in [0.15, 0.2) is 12.4 Å². The Balaban J connectivity index is 2.30. The zero-order chi connectivity index (χ0) is 9.52. The molecule has 0 aromatic carbocycles. The summed E-state index contributed by atoms with van der Waals surface area (Å²) >= 11 is 0. The number of allylic oxidation sites excluding steroid dienone is 3. The van der Waals surface area contributed by atoms with E-state index in [0.29, 0.717) is 0 Å². The second-order valence-electron chi connectivity index (χ2n) is 3.19. The number of carbonyl (C=O) groups excluding carboxylic acids is 1. The molecule has 0 aromatic heterocycles. The van der Waals surface area contributed by atoms with E-state index in [-0.39, 0.29) is 6.10 Å². The lowest BCUT2D eigenvalue weighted by molar-refractivity contribution is -0.114. The molecule has 2 nitrogen and oxygen atoms in total. The third kappa shape index (κ3) is 3.45. The summed E-state index contributed by atoms with van der Waals surface area (Å²) in [4.78, 5) is 10.4. The first-order valence-corrected chi connectivity index (χ1v) is 4.86. The van der Waals surface area contributed by atoms with E-state index in [9.17, 15) is 4.79 Å². The van der Waals surface area contributed by atoms with E-state index >= 15 is 0 Å². The minimum Gasteiger partial charge on any atom is -0.483 e. The highest BCUT2D eigenvalue weighted by Crippen LogP contribution is 2.16. The Morgan fingerprint density at radius 1 is 1.54 bits per heavy atom. The van der Waals surface area contributed by atoms with Gasteiger partial charge in [0.25, 0.3) is 0 Å². The molecule has 1 aliphatic rings. The summed E-state index contributed by atoms with van der Waals surface area (Å²) in [5.74, 6) is 0.938. The van der Waals surface area contributed by atoms with Crippen molar-refractivity contribution in [3.8, 4) is 0 Å². The molecule has 13 heavy (non-hydrogen) atoms. The summed E-state index contributed by atoms with van der Waals surface area (Å²) in [6.45, 7) is 2.17. The maximum atomic E-state index is 10.4. The molecule has 0 bridgehead atoms. The molecule has 1 aliphatic heterocycles.